The van der Waals surface area contributed by atoms with Gasteiger partial charge in [0.25, 0.3) is 0 Å². The molecule has 0 aromatic heterocycles. The molecule has 0 spiro atoms. The minimum Gasteiger partial charge on any atom is -0.468 e. The van der Waals surface area contributed by atoms with Gasteiger partial charge in [-0.3, -0.25) is 10.1 Å². The number of ether oxygens (including phenoxy) is 2. The summed E-state index contributed by atoms with van der Waals surface area (Å²) in [6.07, 6.45) is 0. The van der Waals surface area contributed by atoms with Crippen molar-refractivity contribution in [2.24, 2.45) is 0 Å². The topological polar surface area (TPSA) is 76.7 Å². The van der Waals surface area contributed by atoms with Crippen molar-refractivity contribution in [2.75, 3.05) is 27.4 Å². The zero-order chi connectivity index (χ0) is 15.7. The number of hydrogen-bond donors (Lipinski definition) is 2. The lowest BCUT2D eigenvalue weighted by atomic mass is 10.1. The fraction of sp³-hybridized carbons (Fsp3) is 0.467. The number of methoxy groups -OCH3 is 2. The highest BCUT2D eigenvalue weighted by molar-refractivity contribution is 5.83. The van der Waals surface area contributed by atoms with E-state index in [4.69, 9.17) is 9.47 Å². The first-order valence-electron chi connectivity index (χ1n) is 6.75. The summed E-state index contributed by atoms with van der Waals surface area (Å²) in [7, 11) is 2.89. The average molecular weight is 294 g/mol. The minimum absolute atomic E-state index is 0.197. The maximum atomic E-state index is 11.9. The molecule has 21 heavy (non-hydrogen) atoms. The van der Waals surface area contributed by atoms with Gasteiger partial charge in [-0.1, -0.05) is 30.3 Å². The predicted octanol–water partition coefficient (Wildman–Crippen LogP) is 0.641. The molecular weight excluding hydrogens is 272 g/mol. The molecule has 1 aromatic rings. The Morgan fingerprint density at radius 2 is 1.86 bits per heavy atom. The molecule has 0 bridgehead atoms. The van der Waals surface area contributed by atoms with Gasteiger partial charge in [-0.25, -0.2) is 4.79 Å². The quantitative estimate of drug-likeness (QED) is 0.543. The molecule has 0 aliphatic carbocycles. The van der Waals surface area contributed by atoms with Crippen LogP contribution in [0.2, 0.25) is 0 Å². The number of amides is 1. The van der Waals surface area contributed by atoms with Crippen LogP contribution in [-0.4, -0.2) is 45.3 Å². The van der Waals surface area contributed by atoms with Gasteiger partial charge in [0.05, 0.1) is 19.8 Å². The molecule has 2 N–H and O–H groups in total. The van der Waals surface area contributed by atoms with Crippen LogP contribution in [-0.2, 0) is 19.1 Å². The van der Waals surface area contributed by atoms with Crippen LogP contribution < -0.4 is 10.6 Å². The Morgan fingerprint density at radius 3 is 2.43 bits per heavy atom. The third-order valence-corrected chi connectivity index (χ3v) is 2.99. The summed E-state index contributed by atoms with van der Waals surface area (Å²) in [5.74, 6) is -0.630. The lowest BCUT2D eigenvalue weighted by molar-refractivity contribution is -0.143. The van der Waals surface area contributed by atoms with Gasteiger partial charge in [0.1, 0.15) is 6.04 Å². The first-order chi connectivity index (χ1) is 10.1. The Kier molecular flexibility index (Phi) is 7.42. The number of carbonyl (C=O) groups is 2. The Bertz CT molecular complexity index is 450. The highest BCUT2D eigenvalue weighted by atomic mass is 16.5. The van der Waals surface area contributed by atoms with Crippen molar-refractivity contribution >= 4 is 11.9 Å². The van der Waals surface area contributed by atoms with Crippen LogP contribution in [0.5, 0.6) is 0 Å². The molecule has 2 unspecified atom stereocenters. The standard InChI is InChI=1S/C15H22N2O4/c1-11(14(18)16-9-10-20-2)17-13(15(19)21-3)12-7-5-4-6-8-12/h4-8,11,13,17H,9-10H2,1-3H3,(H,16,18). The second-order valence-corrected chi connectivity index (χ2v) is 4.54. The third kappa shape index (κ3) is 5.53. The van der Waals surface area contributed by atoms with E-state index < -0.39 is 18.1 Å². The molecule has 6 nitrogen and oxygen atoms in total. The van der Waals surface area contributed by atoms with Gasteiger partial charge in [0.2, 0.25) is 5.91 Å². The Labute approximate surface area is 124 Å². The van der Waals surface area contributed by atoms with Gasteiger partial charge in [-0.05, 0) is 12.5 Å². The molecule has 1 rings (SSSR count). The van der Waals surface area contributed by atoms with Gasteiger partial charge in [0, 0.05) is 13.7 Å². The smallest absolute Gasteiger partial charge is 0.327 e. The number of esters is 1. The molecule has 0 saturated heterocycles. The molecule has 116 valence electrons. The van der Waals surface area contributed by atoms with E-state index in [-0.39, 0.29) is 5.91 Å². The second-order valence-electron chi connectivity index (χ2n) is 4.54. The summed E-state index contributed by atoms with van der Waals surface area (Å²) in [4.78, 5) is 23.8. The van der Waals surface area contributed by atoms with Crippen molar-refractivity contribution in [3.05, 3.63) is 35.9 Å². The van der Waals surface area contributed by atoms with Crippen molar-refractivity contribution in [3.8, 4) is 0 Å². The Morgan fingerprint density at radius 1 is 1.19 bits per heavy atom. The second kappa shape index (κ2) is 9.10. The van der Waals surface area contributed by atoms with Crippen LogP contribution in [0.3, 0.4) is 0 Å². The molecule has 0 saturated carbocycles. The molecule has 1 amide bonds. The number of carbonyl (C=O) groups excluding carboxylic acids is 2. The van der Waals surface area contributed by atoms with Crippen molar-refractivity contribution in [2.45, 2.75) is 19.0 Å². The molecule has 0 radical (unpaired) electrons. The molecule has 2 atom stereocenters. The minimum atomic E-state index is -0.681. The highest BCUT2D eigenvalue weighted by Crippen LogP contribution is 2.14. The van der Waals surface area contributed by atoms with E-state index in [1.54, 1.807) is 14.0 Å². The average Bonchev–Trinajstić information content (AvgIpc) is 2.52. The van der Waals surface area contributed by atoms with E-state index in [0.29, 0.717) is 13.2 Å². The van der Waals surface area contributed by atoms with Gasteiger partial charge in [-0.15, -0.1) is 0 Å². The summed E-state index contributed by atoms with van der Waals surface area (Å²) in [5, 5.41) is 5.70. The Balaban J connectivity index is 2.69. The van der Waals surface area contributed by atoms with Crippen molar-refractivity contribution in [1.82, 2.24) is 10.6 Å². The summed E-state index contributed by atoms with van der Waals surface area (Å²) in [5.41, 5.74) is 0.751. The summed E-state index contributed by atoms with van der Waals surface area (Å²) >= 11 is 0. The zero-order valence-corrected chi connectivity index (χ0v) is 12.6. The van der Waals surface area contributed by atoms with Crippen LogP contribution in [0.25, 0.3) is 0 Å². The number of rotatable bonds is 8. The molecule has 0 heterocycles. The Hall–Kier alpha value is -1.92. The summed E-state index contributed by atoms with van der Waals surface area (Å²) in [6.45, 7) is 2.56. The summed E-state index contributed by atoms with van der Waals surface area (Å²) in [6, 6.07) is 7.92. The van der Waals surface area contributed by atoms with Crippen LogP contribution in [0, 0.1) is 0 Å². The monoisotopic (exact) mass is 294 g/mol. The molecule has 1 aromatic carbocycles. The number of nitrogens with one attached hydrogen (secondary N) is 2. The van der Waals surface area contributed by atoms with Gasteiger partial charge in [-0.2, -0.15) is 0 Å². The van der Waals surface area contributed by atoms with E-state index in [1.807, 2.05) is 30.3 Å². The number of benzene rings is 1. The fourth-order valence-electron chi connectivity index (χ4n) is 1.82. The zero-order valence-electron chi connectivity index (χ0n) is 12.6. The first kappa shape index (κ1) is 17.1. The van der Waals surface area contributed by atoms with E-state index in [2.05, 4.69) is 10.6 Å². The highest BCUT2D eigenvalue weighted by Gasteiger charge is 2.25. The first-order valence-corrected chi connectivity index (χ1v) is 6.75. The number of hydrogen-bond acceptors (Lipinski definition) is 5. The SMILES string of the molecule is COCCNC(=O)C(C)NC(C(=O)OC)c1ccccc1. The predicted molar refractivity (Wildman–Crippen MR) is 78.7 cm³/mol. The van der Waals surface area contributed by atoms with Crippen molar-refractivity contribution in [3.63, 3.8) is 0 Å². The van der Waals surface area contributed by atoms with Crippen LogP contribution in [0.15, 0.2) is 30.3 Å². The molecule has 0 fully saturated rings. The molecular formula is C15H22N2O4. The fourth-order valence-corrected chi connectivity index (χ4v) is 1.82. The van der Waals surface area contributed by atoms with Gasteiger partial charge >= 0.3 is 5.97 Å². The van der Waals surface area contributed by atoms with Gasteiger partial charge in [0.15, 0.2) is 0 Å². The molecule has 0 aliphatic rings. The van der Waals surface area contributed by atoms with Gasteiger partial charge < -0.3 is 14.8 Å². The maximum Gasteiger partial charge on any atom is 0.327 e. The molecule has 6 heteroatoms. The van der Waals surface area contributed by atoms with E-state index in [0.717, 1.165) is 5.56 Å². The maximum absolute atomic E-state index is 11.9. The molecule has 0 aliphatic heterocycles. The van der Waals surface area contributed by atoms with Crippen LogP contribution in [0.4, 0.5) is 0 Å². The van der Waals surface area contributed by atoms with E-state index >= 15 is 0 Å². The summed E-state index contributed by atoms with van der Waals surface area (Å²) < 4.78 is 9.66. The van der Waals surface area contributed by atoms with Crippen LogP contribution in [0.1, 0.15) is 18.5 Å². The lowest BCUT2D eigenvalue weighted by Crippen LogP contribution is -2.46. The van der Waals surface area contributed by atoms with E-state index in [9.17, 15) is 9.59 Å². The largest absolute Gasteiger partial charge is 0.468 e. The lowest BCUT2D eigenvalue weighted by Gasteiger charge is -2.21. The van der Waals surface area contributed by atoms with Crippen molar-refractivity contribution in [1.29, 1.82) is 0 Å². The van der Waals surface area contributed by atoms with Crippen LogP contribution >= 0.6 is 0 Å². The third-order valence-electron chi connectivity index (χ3n) is 2.99. The van der Waals surface area contributed by atoms with Crippen molar-refractivity contribution < 1.29 is 19.1 Å². The van der Waals surface area contributed by atoms with E-state index in [1.165, 1.54) is 7.11 Å². The normalized spacial score (nSPS) is 13.3.